The van der Waals surface area contributed by atoms with E-state index >= 15 is 0 Å². The van der Waals surface area contributed by atoms with Crippen LogP contribution in [0.2, 0.25) is 0 Å². The van der Waals surface area contributed by atoms with E-state index in [1.807, 2.05) is 0 Å². The maximum absolute atomic E-state index is 13.5. The Morgan fingerprint density at radius 1 is 1.29 bits per heavy atom. The molecule has 1 unspecified atom stereocenters. The molecule has 2 heterocycles. The van der Waals surface area contributed by atoms with Crippen molar-refractivity contribution >= 4 is 11.9 Å². The highest BCUT2D eigenvalue weighted by Gasteiger charge is 2.20. The standard InChI is InChI=1S/C14H11F2N5O3/c1-7(18-13(22)23)11-19-12-17-2-3-20(12)14(24)21(11)10-5-8(15)4-9(16)6-10/h2-7,18H,1H3,(H,22,23). The van der Waals surface area contributed by atoms with Crippen LogP contribution in [-0.4, -0.2) is 30.1 Å². The highest BCUT2D eigenvalue weighted by Crippen LogP contribution is 2.17. The van der Waals surface area contributed by atoms with Gasteiger partial charge in [-0.3, -0.25) is 0 Å². The first-order chi connectivity index (χ1) is 11.4. The van der Waals surface area contributed by atoms with E-state index in [2.05, 4.69) is 15.3 Å². The number of benzene rings is 1. The minimum atomic E-state index is -1.34. The van der Waals surface area contributed by atoms with Crippen molar-refractivity contribution in [1.82, 2.24) is 24.3 Å². The Labute approximate surface area is 133 Å². The molecule has 3 aromatic rings. The van der Waals surface area contributed by atoms with Gasteiger partial charge < -0.3 is 10.4 Å². The van der Waals surface area contributed by atoms with Gasteiger partial charge in [-0.15, -0.1) is 0 Å². The average molecular weight is 335 g/mol. The Bertz CT molecular complexity index is 977. The van der Waals surface area contributed by atoms with Crippen molar-refractivity contribution in [3.05, 3.63) is 58.5 Å². The molecule has 1 atom stereocenters. The lowest BCUT2D eigenvalue weighted by Gasteiger charge is -2.17. The van der Waals surface area contributed by atoms with Gasteiger partial charge in [0.2, 0.25) is 5.78 Å². The Kier molecular flexibility index (Phi) is 3.72. The van der Waals surface area contributed by atoms with Crippen molar-refractivity contribution in [2.24, 2.45) is 0 Å². The number of carbonyl (C=O) groups is 1. The minimum absolute atomic E-state index is 0.0437. The van der Waals surface area contributed by atoms with Crippen molar-refractivity contribution < 1.29 is 18.7 Å². The number of nitrogens with one attached hydrogen (secondary N) is 1. The number of amides is 1. The number of rotatable bonds is 3. The summed E-state index contributed by atoms with van der Waals surface area (Å²) in [5.41, 5.74) is -0.800. The Morgan fingerprint density at radius 2 is 1.96 bits per heavy atom. The fourth-order valence-electron chi connectivity index (χ4n) is 2.34. The Morgan fingerprint density at radius 3 is 2.58 bits per heavy atom. The number of imidazole rings is 1. The smallest absolute Gasteiger partial charge is 0.405 e. The first-order valence-electron chi connectivity index (χ1n) is 6.79. The zero-order valence-corrected chi connectivity index (χ0v) is 12.3. The van der Waals surface area contributed by atoms with Gasteiger partial charge in [0.15, 0.2) is 0 Å². The van der Waals surface area contributed by atoms with Gasteiger partial charge in [0.05, 0.1) is 11.7 Å². The van der Waals surface area contributed by atoms with Gasteiger partial charge in [0.25, 0.3) is 0 Å². The number of halogens is 2. The van der Waals surface area contributed by atoms with E-state index in [4.69, 9.17) is 5.11 Å². The third-order valence-corrected chi connectivity index (χ3v) is 3.30. The van der Waals surface area contributed by atoms with Crippen LogP contribution in [0.3, 0.4) is 0 Å². The average Bonchev–Trinajstić information content (AvgIpc) is 2.93. The van der Waals surface area contributed by atoms with Gasteiger partial charge in [-0.05, 0) is 19.1 Å². The fraction of sp³-hybridized carbons (Fsp3) is 0.143. The number of carboxylic acid groups (broad SMARTS) is 1. The van der Waals surface area contributed by atoms with Crippen LogP contribution < -0.4 is 11.0 Å². The first kappa shape index (κ1) is 15.6. The van der Waals surface area contributed by atoms with E-state index in [0.29, 0.717) is 6.07 Å². The molecule has 0 bridgehead atoms. The normalized spacial score (nSPS) is 12.3. The maximum atomic E-state index is 13.5. The summed E-state index contributed by atoms with van der Waals surface area (Å²) < 4.78 is 29.1. The molecule has 3 rings (SSSR count). The second-order valence-corrected chi connectivity index (χ2v) is 4.98. The van der Waals surface area contributed by atoms with Crippen LogP contribution in [0.5, 0.6) is 0 Å². The van der Waals surface area contributed by atoms with Gasteiger partial charge in [-0.25, -0.2) is 32.3 Å². The minimum Gasteiger partial charge on any atom is -0.465 e. The molecule has 1 amide bonds. The monoisotopic (exact) mass is 335 g/mol. The molecular weight excluding hydrogens is 324 g/mol. The van der Waals surface area contributed by atoms with Crippen molar-refractivity contribution in [2.45, 2.75) is 13.0 Å². The second-order valence-electron chi connectivity index (χ2n) is 4.98. The predicted octanol–water partition coefficient (Wildman–Crippen LogP) is 1.49. The molecule has 2 aromatic heterocycles. The third-order valence-electron chi connectivity index (χ3n) is 3.30. The van der Waals surface area contributed by atoms with Crippen molar-refractivity contribution in [3.8, 4) is 5.69 Å². The zero-order valence-electron chi connectivity index (χ0n) is 12.3. The summed E-state index contributed by atoms with van der Waals surface area (Å²) in [6, 6.07) is 1.64. The van der Waals surface area contributed by atoms with Crippen molar-refractivity contribution in [2.75, 3.05) is 0 Å². The second kappa shape index (κ2) is 5.72. The molecule has 0 aliphatic carbocycles. The lowest BCUT2D eigenvalue weighted by Crippen LogP contribution is -2.35. The predicted molar refractivity (Wildman–Crippen MR) is 78.1 cm³/mol. The largest absolute Gasteiger partial charge is 0.465 e. The molecule has 0 aliphatic heterocycles. The van der Waals surface area contributed by atoms with E-state index in [9.17, 15) is 18.4 Å². The van der Waals surface area contributed by atoms with Crippen LogP contribution in [0.4, 0.5) is 13.6 Å². The first-order valence-corrected chi connectivity index (χ1v) is 6.79. The topological polar surface area (TPSA) is 102 Å². The van der Waals surface area contributed by atoms with E-state index in [-0.39, 0.29) is 17.3 Å². The van der Waals surface area contributed by atoms with Crippen LogP contribution in [-0.2, 0) is 0 Å². The molecule has 0 radical (unpaired) electrons. The fourth-order valence-corrected chi connectivity index (χ4v) is 2.34. The number of nitrogens with zero attached hydrogens (tertiary/aromatic N) is 4. The molecule has 0 aliphatic rings. The van der Waals surface area contributed by atoms with Crippen LogP contribution in [0.15, 0.2) is 35.4 Å². The van der Waals surface area contributed by atoms with Gasteiger partial charge in [-0.1, -0.05) is 0 Å². The molecule has 0 saturated carbocycles. The highest BCUT2D eigenvalue weighted by atomic mass is 19.1. The Balaban J connectivity index is 2.32. The van der Waals surface area contributed by atoms with Crippen molar-refractivity contribution in [1.29, 1.82) is 0 Å². The van der Waals surface area contributed by atoms with Crippen LogP contribution in [0.1, 0.15) is 18.8 Å². The summed E-state index contributed by atoms with van der Waals surface area (Å²) in [6.07, 6.45) is 1.34. The number of hydrogen-bond acceptors (Lipinski definition) is 4. The summed E-state index contributed by atoms with van der Waals surface area (Å²) in [7, 11) is 0. The molecule has 0 saturated heterocycles. The van der Waals surface area contributed by atoms with Crippen LogP contribution in [0.25, 0.3) is 11.5 Å². The molecule has 24 heavy (non-hydrogen) atoms. The molecule has 2 N–H and O–H groups in total. The van der Waals surface area contributed by atoms with Crippen molar-refractivity contribution in [3.63, 3.8) is 0 Å². The Hall–Kier alpha value is -3.30. The van der Waals surface area contributed by atoms with E-state index < -0.39 is 29.5 Å². The van der Waals surface area contributed by atoms with Crippen LogP contribution >= 0.6 is 0 Å². The zero-order chi connectivity index (χ0) is 17.4. The van der Waals surface area contributed by atoms with Gasteiger partial charge in [0, 0.05) is 18.5 Å². The summed E-state index contributed by atoms with van der Waals surface area (Å²) in [5.74, 6) is -1.77. The maximum Gasteiger partial charge on any atom is 0.405 e. The number of fused-ring (bicyclic) bond motifs is 1. The third kappa shape index (κ3) is 2.69. The molecule has 1 aromatic carbocycles. The molecule has 8 nitrogen and oxygen atoms in total. The summed E-state index contributed by atoms with van der Waals surface area (Å²) in [4.78, 5) is 31.5. The van der Waals surface area contributed by atoms with E-state index in [0.717, 1.165) is 21.1 Å². The van der Waals surface area contributed by atoms with E-state index in [1.165, 1.54) is 19.3 Å². The molecule has 0 spiro atoms. The summed E-state index contributed by atoms with van der Waals surface area (Å²) in [5, 5.41) is 11.0. The van der Waals surface area contributed by atoms with Crippen LogP contribution in [0, 0.1) is 11.6 Å². The molecule has 10 heteroatoms. The highest BCUT2D eigenvalue weighted by molar-refractivity contribution is 5.65. The summed E-state index contributed by atoms with van der Waals surface area (Å²) >= 11 is 0. The number of aromatic nitrogens is 4. The van der Waals surface area contributed by atoms with Gasteiger partial charge in [0.1, 0.15) is 17.5 Å². The molecule has 124 valence electrons. The van der Waals surface area contributed by atoms with Gasteiger partial charge in [-0.2, -0.15) is 4.98 Å². The quantitative estimate of drug-likeness (QED) is 0.755. The lowest BCUT2D eigenvalue weighted by molar-refractivity contribution is 0.190. The van der Waals surface area contributed by atoms with E-state index in [1.54, 1.807) is 0 Å². The summed E-state index contributed by atoms with van der Waals surface area (Å²) in [6.45, 7) is 1.45. The molecule has 0 fully saturated rings. The lowest BCUT2D eigenvalue weighted by atomic mass is 10.2. The SMILES string of the molecule is CC(NC(=O)O)c1nc2nccn2c(=O)n1-c1cc(F)cc(F)c1. The number of hydrogen-bond donors (Lipinski definition) is 2. The van der Waals surface area contributed by atoms with Gasteiger partial charge >= 0.3 is 11.8 Å². The molecular formula is C14H11F2N5O3.